The van der Waals surface area contributed by atoms with Crippen LogP contribution in [0.4, 0.5) is 5.69 Å². The van der Waals surface area contributed by atoms with Gasteiger partial charge in [-0.3, -0.25) is 4.79 Å². The van der Waals surface area contributed by atoms with Crippen LogP contribution in [0.1, 0.15) is 29.3 Å². The molecule has 4 heteroatoms. The van der Waals surface area contributed by atoms with Gasteiger partial charge < -0.3 is 16.0 Å². The Morgan fingerprint density at radius 1 is 1.44 bits per heavy atom. The van der Waals surface area contributed by atoms with Gasteiger partial charge >= 0.3 is 0 Å². The van der Waals surface area contributed by atoms with Crippen LogP contribution in [-0.2, 0) is 0 Å². The molecule has 0 heterocycles. The fourth-order valence-electron chi connectivity index (χ4n) is 1.69. The molecule has 0 aliphatic rings. The van der Waals surface area contributed by atoms with Gasteiger partial charge in [-0.15, -0.1) is 0 Å². The van der Waals surface area contributed by atoms with Crippen molar-refractivity contribution in [1.82, 2.24) is 10.2 Å². The van der Waals surface area contributed by atoms with E-state index in [0.717, 1.165) is 18.5 Å². The second-order valence-corrected chi connectivity index (χ2v) is 5.06. The third kappa shape index (κ3) is 4.37. The Hall–Kier alpha value is -1.55. The maximum absolute atomic E-state index is 12.1. The van der Waals surface area contributed by atoms with Gasteiger partial charge in [0, 0.05) is 11.7 Å². The molecule has 18 heavy (non-hydrogen) atoms. The van der Waals surface area contributed by atoms with Gasteiger partial charge in [-0.1, -0.05) is 11.6 Å². The number of amides is 1. The van der Waals surface area contributed by atoms with Crippen molar-refractivity contribution in [2.45, 2.75) is 26.3 Å². The number of hydrogen-bond acceptors (Lipinski definition) is 3. The lowest BCUT2D eigenvalue weighted by Gasteiger charge is -2.17. The van der Waals surface area contributed by atoms with Gasteiger partial charge in [0.15, 0.2) is 0 Å². The van der Waals surface area contributed by atoms with Crippen molar-refractivity contribution in [3.63, 3.8) is 0 Å². The van der Waals surface area contributed by atoms with Crippen molar-refractivity contribution in [3.8, 4) is 0 Å². The number of anilines is 1. The number of hydrogen-bond donors (Lipinski definition) is 2. The minimum atomic E-state index is -0.0949. The van der Waals surface area contributed by atoms with Crippen LogP contribution >= 0.6 is 0 Å². The molecule has 1 atom stereocenters. The molecule has 3 N–H and O–H groups in total. The zero-order valence-electron chi connectivity index (χ0n) is 11.7. The first-order valence-corrected chi connectivity index (χ1v) is 6.22. The van der Waals surface area contributed by atoms with E-state index in [9.17, 15) is 4.79 Å². The minimum Gasteiger partial charge on any atom is -0.398 e. The number of nitrogens with zero attached hydrogens (tertiary/aromatic N) is 1. The molecule has 0 spiro atoms. The molecule has 0 saturated carbocycles. The van der Waals surface area contributed by atoms with Crippen LogP contribution in [0.3, 0.4) is 0 Å². The van der Waals surface area contributed by atoms with E-state index in [1.807, 2.05) is 40.1 Å². The number of benzene rings is 1. The van der Waals surface area contributed by atoms with E-state index in [0.29, 0.717) is 11.3 Å². The van der Waals surface area contributed by atoms with Crippen LogP contribution in [0.25, 0.3) is 0 Å². The zero-order chi connectivity index (χ0) is 13.7. The Morgan fingerprint density at radius 2 is 2.11 bits per heavy atom. The van der Waals surface area contributed by atoms with Crippen molar-refractivity contribution in [3.05, 3.63) is 29.3 Å². The first-order valence-electron chi connectivity index (χ1n) is 6.22. The highest BCUT2D eigenvalue weighted by Crippen LogP contribution is 2.13. The predicted octanol–water partition coefficient (Wildman–Crippen LogP) is 1.65. The van der Waals surface area contributed by atoms with Crippen LogP contribution in [0.5, 0.6) is 0 Å². The Bertz CT molecular complexity index is 416. The molecule has 0 saturated heterocycles. The molecule has 1 aromatic carbocycles. The van der Waals surface area contributed by atoms with E-state index in [1.54, 1.807) is 6.07 Å². The van der Waals surface area contributed by atoms with E-state index >= 15 is 0 Å². The molecule has 1 amide bonds. The molecular weight excluding hydrogens is 226 g/mol. The number of carbonyl (C=O) groups excluding carboxylic acids is 1. The second kappa shape index (κ2) is 6.40. The number of carbonyl (C=O) groups is 1. The molecule has 100 valence electrons. The molecule has 4 nitrogen and oxygen atoms in total. The molecule has 0 fully saturated rings. The molecule has 0 radical (unpaired) electrons. The Balaban J connectivity index is 2.62. The van der Waals surface area contributed by atoms with Gasteiger partial charge in [0.1, 0.15) is 0 Å². The number of nitrogens with two attached hydrogens (primary N) is 1. The summed E-state index contributed by atoms with van der Waals surface area (Å²) >= 11 is 0. The molecule has 0 bridgehead atoms. The summed E-state index contributed by atoms with van der Waals surface area (Å²) in [5, 5.41) is 2.97. The monoisotopic (exact) mass is 249 g/mol. The summed E-state index contributed by atoms with van der Waals surface area (Å²) in [6.07, 6.45) is 0.921. The Kier molecular flexibility index (Phi) is 5.16. The minimum absolute atomic E-state index is 0.0949. The zero-order valence-corrected chi connectivity index (χ0v) is 11.7. The highest BCUT2D eigenvalue weighted by Gasteiger charge is 2.12. The first kappa shape index (κ1) is 14.5. The average Bonchev–Trinajstić information content (AvgIpc) is 2.29. The summed E-state index contributed by atoms with van der Waals surface area (Å²) in [7, 11) is 4.04. The summed E-state index contributed by atoms with van der Waals surface area (Å²) in [6.45, 7) is 4.91. The standard InChI is InChI=1S/C14H23N3O/c1-10-5-6-13(15)12(9-10)14(18)16-11(2)7-8-17(3)4/h5-6,9,11H,7-8,15H2,1-4H3,(H,16,18). The topological polar surface area (TPSA) is 58.4 Å². The molecule has 0 aliphatic heterocycles. The van der Waals surface area contributed by atoms with Crippen molar-refractivity contribution < 1.29 is 4.79 Å². The van der Waals surface area contributed by atoms with Crippen LogP contribution in [0, 0.1) is 6.92 Å². The van der Waals surface area contributed by atoms with Crippen molar-refractivity contribution in [2.24, 2.45) is 0 Å². The summed E-state index contributed by atoms with van der Waals surface area (Å²) in [5.74, 6) is -0.0949. The van der Waals surface area contributed by atoms with Gasteiger partial charge in [-0.25, -0.2) is 0 Å². The van der Waals surface area contributed by atoms with Crippen molar-refractivity contribution in [1.29, 1.82) is 0 Å². The number of nitrogen functional groups attached to an aromatic ring is 1. The lowest BCUT2D eigenvalue weighted by molar-refractivity contribution is 0.0937. The lowest BCUT2D eigenvalue weighted by atomic mass is 10.1. The fraction of sp³-hybridized carbons (Fsp3) is 0.500. The largest absolute Gasteiger partial charge is 0.398 e. The molecule has 1 aromatic rings. The van der Waals surface area contributed by atoms with E-state index in [2.05, 4.69) is 10.2 Å². The van der Waals surface area contributed by atoms with Crippen molar-refractivity contribution in [2.75, 3.05) is 26.4 Å². The quantitative estimate of drug-likeness (QED) is 0.780. The lowest BCUT2D eigenvalue weighted by Crippen LogP contribution is -2.35. The number of rotatable bonds is 5. The number of aryl methyl sites for hydroxylation is 1. The van der Waals surface area contributed by atoms with Crippen LogP contribution in [0.2, 0.25) is 0 Å². The van der Waals surface area contributed by atoms with Gasteiger partial charge in [0.05, 0.1) is 5.56 Å². The Labute approximate surface area is 109 Å². The maximum Gasteiger partial charge on any atom is 0.253 e. The Morgan fingerprint density at radius 3 is 2.72 bits per heavy atom. The first-order chi connectivity index (χ1) is 8.40. The van der Waals surface area contributed by atoms with Crippen molar-refractivity contribution >= 4 is 11.6 Å². The van der Waals surface area contributed by atoms with Crippen LogP contribution in [-0.4, -0.2) is 37.5 Å². The number of nitrogens with one attached hydrogen (secondary N) is 1. The average molecular weight is 249 g/mol. The third-order valence-electron chi connectivity index (χ3n) is 2.84. The smallest absolute Gasteiger partial charge is 0.253 e. The van der Waals surface area contributed by atoms with Crippen LogP contribution in [0.15, 0.2) is 18.2 Å². The van der Waals surface area contributed by atoms with E-state index < -0.39 is 0 Å². The summed E-state index contributed by atoms with van der Waals surface area (Å²) in [6, 6.07) is 5.64. The van der Waals surface area contributed by atoms with E-state index in [1.165, 1.54) is 0 Å². The summed E-state index contributed by atoms with van der Waals surface area (Å²) in [5.41, 5.74) is 7.94. The van der Waals surface area contributed by atoms with Gasteiger partial charge in [-0.2, -0.15) is 0 Å². The van der Waals surface area contributed by atoms with E-state index in [-0.39, 0.29) is 11.9 Å². The van der Waals surface area contributed by atoms with Gasteiger partial charge in [-0.05, 0) is 53.0 Å². The summed E-state index contributed by atoms with van der Waals surface area (Å²) in [4.78, 5) is 14.2. The maximum atomic E-state index is 12.1. The highest BCUT2D eigenvalue weighted by atomic mass is 16.1. The highest BCUT2D eigenvalue weighted by molar-refractivity contribution is 5.99. The predicted molar refractivity (Wildman–Crippen MR) is 75.7 cm³/mol. The van der Waals surface area contributed by atoms with Crippen LogP contribution < -0.4 is 11.1 Å². The molecule has 0 aliphatic carbocycles. The third-order valence-corrected chi connectivity index (χ3v) is 2.84. The summed E-state index contributed by atoms with van der Waals surface area (Å²) < 4.78 is 0. The molecule has 0 aromatic heterocycles. The molecule has 1 unspecified atom stereocenters. The SMILES string of the molecule is Cc1ccc(N)c(C(=O)NC(C)CCN(C)C)c1. The van der Waals surface area contributed by atoms with Gasteiger partial charge in [0.25, 0.3) is 5.91 Å². The van der Waals surface area contributed by atoms with Gasteiger partial charge in [0.2, 0.25) is 0 Å². The second-order valence-electron chi connectivity index (χ2n) is 5.06. The molecule has 1 rings (SSSR count). The van der Waals surface area contributed by atoms with E-state index in [4.69, 9.17) is 5.73 Å². The normalized spacial score (nSPS) is 12.5. The molecular formula is C14H23N3O. The fourth-order valence-corrected chi connectivity index (χ4v) is 1.69.